The van der Waals surface area contributed by atoms with Gasteiger partial charge in [-0.05, 0) is 29.8 Å². The molecule has 0 spiro atoms. The van der Waals surface area contributed by atoms with E-state index in [4.69, 9.17) is 28.6 Å². The smallest absolute Gasteiger partial charge is 0.265 e. The molecule has 2 aromatic rings. The van der Waals surface area contributed by atoms with Crippen LogP contribution in [0.5, 0.6) is 5.75 Å². The number of thioether (sulfide) groups is 1. The molecule has 1 heterocycles. The Morgan fingerprint density at radius 1 is 1.25 bits per heavy atom. The normalized spacial score (nSPS) is 16.1. The topological polar surface area (TPSA) is 29.5 Å². The highest BCUT2D eigenvalue weighted by atomic mass is 35.5. The first kappa shape index (κ1) is 17.0. The van der Waals surface area contributed by atoms with Crippen LogP contribution in [-0.4, -0.2) is 22.2 Å². The fourth-order valence-corrected chi connectivity index (χ4v) is 3.54. The first-order valence-corrected chi connectivity index (χ1v) is 8.83. The Morgan fingerprint density at radius 2 is 2.04 bits per heavy atom. The number of thiocarbonyl (C=S) groups is 1. The van der Waals surface area contributed by atoms with Gasteiger partial charge in [-0.15, -0.1) is 0 Å². The van der Waals surface area contributed by atoms with E-state index in [1.807, 2.05) is 54.6 Å². The standard InChI is InChI=1S/C18H14ClNO2S2/c1-20-17(21)16(24-18(20)23)10-12-5-4-7-14(9-12)22-11-13-6-2-3-8-15(13)19/h2-10H,11H2,1H3. The predicted octanol–water partition coefficient (Wildman–Crippen LogP) is 4.75. The molecule has 0 atom stereocenters. The molecule has 0 N–H and O–H groups in total. The van der Waals surface area contributed by atoms with E-state index in [9.17, 15) is 4.79 Å². The molecule has 1 amide bonds. The van der Waals surface area contributed by atoms with Gasteiger partial charge in [-0.25, -0.2) is 0 Å². The van der Waals surface area contributed by atoms with Crippen molar-refractivity contribution < 1.29 is 9.53 Å². The van der Waals surface area contributed by atoms with Gasteiger partial charge in [0.1, 0.15) is 16.7 Å². The minimum absolute atomic E-state index is 0.0765. The highest BCUT2D eigenvalue weighted by molar-refractivity contribution is 8.26. The van der Waals surface area contributed by atoms with Crippen LogP contribution in [0, 0.1) is 0 Å². The molecule has 0 aliphatic carbocycles. The molecule has 1 aliphatic rings. The molecule has 0 saturated carbocycles. The highest BCUT2D eigenvalue weighted by Gasteiger charge is 2.28. The molecule has 1 saturated heterocycles. The van der Waals surface area contributed by atoms with Crippen LogP contribution >= 0.6 is 35.6 Å². The molecular formula is C18H14ClNO2S2. The van der Waals surface area contributed by atoms with E-state index in [1.165, 1.54) is 16.7 Å². The summed E-state index contributed by atoms with van der Waals surface area (Å²) in [6.07, 6.45) is 1.82. The molecule has 1 aliphatic heterocycles. The second-order valence-electron chi connectivity index (χ2n) is 5.19. The molecule has 3 nitrogen and oxygen atoms in total. The largest absolute Gasteiger partial charge is 0.489 e. The van der Waals surface area contributed by atoms with Crippen LogP contribution in [-0.2, 0) is 11.4 Å². The van der Waals surface area contributed by atoms with Crippen LogP contribution in [0.25, 0.3) is 6.08 Å². The van der Waals surface area contributed by atoms with Crippen molar-refractivity contribution in [3.05, 3.63) is 69.6 Å². The lowest BCUT2D eigenvalue weighted by Gasteiger charge is -2.08. The summed E-state index contributed by atoms with van der Waals surface area (Å²) in [5.74, 6) is 0.642. The van der Waals surface area contributed by atoms with Crippen molar-refractivity contribution >= 4 is 51.9 Å². The van der Waals surface area contributed by atoms with Gasteiger partial charge in [0.15, 0.2) is 0 Å². The SMILES string of the molecule is CN1C(=O)C(=Cc2cccc(OCc3ccccc3Cl)c2)SC1=S. The molecule has 1 fully saturated rings. The second kappa shape index (κ2) is 7.38. The molecular weight excluding hydrogens is 362 g/mol. The van der Waals surface area contributed by atoms with Crippen molar-refractivity contribution in [2.24, 2.45) is 0 Å². The number of benzene rings is 2. The third kappa shape index (κ3) is 3.80. The maximum atomic E-state index is 12.1. The summed E-state index contributed by atoms with van der Waals surface area (Å²) < 4.78 is 6.37. The summed E-state index contributed by atoms with van der Waals surface area (Å²) in [6.45, 7) is 0.389. The summed E-state index contributed by atoms with van der Waals surface area (Å²) in [6, 6.07) is 15.1. The molecule has 6 heteroatoms. The number of carbonyl (C=O) groups excluding carboxylic acids is 1. The van der Waals surface area contributed by atoms with Gasteiger partial charge in [-0.3, -0.25) is 9.69 Å². The number of carbonyl (C=O) groups is 1. The Hall–Kier alpha value is -1.82. The van der Waals surface area contributed by atoms with Gasteiger partial charge in [0.05, 0.1) is 4.91 Å². The van der Waals surface area contributed by atoms with Crippen molar-refractivity contribution in [2.45, 2.75) is 6.61 Å². The van der Waals surface area contributed by atoms with E-state index in [-0.39, 0.29) is 5.91 Å². The molecule has 2 aromatic carbocycles. The van der Waals surface area contributed by atoms with Gasteiger partial charge in [0.25, 0.3) is 5.91 Å². The molecule has 0 radical (unpaired) electrons. The van der Waals surface area contributed by atoms with Gasteiger partial charge < -0.3 is 4.74 Å². The van der Waals surface area contributed by atoms with Gasteiger partial charge >= 0.3 is 0 Å². The molecule has 24 heavy (non-hydrogen) atoms. The first-order chi connectivity index (χ1) is 11.5. The molecule has 0 unspecified atom stereocenters. The number of likely N-dealkylation sites (N-methyl/N-ethyl adjacent to an activating group) is 1. The Bertz CT molecular complexity index is 835. The quantitative estimate of drug-likeness (QED) is 0.569. The van der Waals surface area contributed by atoms with Gasteiger partial charge in [0.2, 0.25) is 0 Å². The molecule has 0 bridgehead atoms. The maximum absolute atomic E-state index is 12.1. The zero-order chi connectivity index (χ0) is 17.1. The van der Waals surface area contributed by atoms with Crippen molar-refractivity contribution in [1.82, 2.24) is 4.90 Å². The average Bonchev–Trinajstić information content (AvgIpc) is 2.81. The van der Waals surface area contributed by atoms with Crippen LogP contribution in [0.15, 0.2) is 53.4 Å². The van der Waals surface area contributed by atoms with Gasteiger partial charge in [-0.1, -0.05) is 65.9 Å². The minimum atomic E-state index is -0.0765. The van der Waals surface area contributed by atoms with E-state index in [0.717, 1.165) is 16.9 Å². The highest BCUT2D eigenvalue weighted by Crippen LogP contribution is 2.31. The Balaban J connectivity index is 1.74. The van der Waals surface area contributed by atoms with Crippen LogP contribution in [0.4, 0.5) is 0 Å². The van der Waals surface area contributed by atoms with E-state index in [2.05, 4.69) is 0 Å². The first-order valence-electron chi connectivity index (χ1n) is 7.22. The molecule has 0 aromatic heterocycles. The summed E-state index contributed by atoms with van der Waals surface area (Å²) >= 11 is 12.6. The number of hydrogen-bond acceptors (Lipinski definition) is 4. The Labute approximate surface area is 155 Å². The third-order valence-corrected chi connectivity index (χ3v) is 5.35. The monoisotopic (exact) mass is 375 g/mol. The van der Waals surface area contributed by atoms with E-state index >= 15 is 0 Å². The Morgan fingerprint density at radius 3 is 2.75 bits per heavy atom. The number of rotatable bonds is 4. The van der Waals surface area contributed by atoms with Crippen molar-refractivity contribution in [1.29, 1.82) is 0 Å². The fourth-order valence-electron chi connectivity index (χ4n) is 2.17. The van der Waals surface area contributed by atoms with Crippen LogP contribution in [0.2, 0.25) is 5.02 Å². The molecule has 3 rings (SSSR count). The number of hydrogen-bond donors (Lipinski definition) is 0. The van der Waals surface area contributed by atoms with Crippen molar-refractivity contribution in [3.63, 3.8) is 0 Å². The maximum Gasteiger partial charge on any atom is 0.265 e. The number of halogens is 1. The fraction of sp³-hybridized carbons (Fsp3) is 0.111. The Kier molecular flexibility index (Phi) is 5.23. The summed E-state index contributed by atoms with van der Waals surface area (Å²) in [5, 5.41) is 0.681. The number of amides is 1. The third-order valence-electron chi connectivity index (χ3n) is 3.49. The second-order valence-corrected chi connectivity index (χ2v) is 7.28. The average molecular weight is 376 g/mol. The lowest BCUT2D eigenvalue weighted by Crippen LogP contribution is -2.22. The van der Waals surface area contributed by atoms with Gasteiger partial charge in [-0.2, -0.15) is 0 Å². The summed E-state index contributed by atoms with van der Waals surface area (Å²) in [5.41, 5.74) is 1.82. The van der Waals surface area contributed by atoms with Crippen LogP contribution in [0.3, 0.4) is 0 Å². The van der Waals surface area contributed by atoms with Crippen molar-refractivity contribution in [2.75, 3.05) is 7.05 Å². The minimum Gasteiger partial charge on any atom is -0.489 e. The van der Waals surface area contributed by atoms with Crippen LogP contribution in [0.1, 0.15) is 11.1 Å². The van der Waals surface area contributed by atoms with E-state index < -0.39 is 0 Å². The lowest BCUT2D eigenvalue weighted by atomic mass is 10.2. The van der Waals surface area contributed by atoms with Gasteiger partial charge in [0, 0.05) is 17.6 Å². The summed E-state index contributed by atoms with van der Waals surface area (Å²) in [4.78, 5) is 14.1. The van der Waals surface area contributed by atoms with E-state index in [1.54, 1.807) is 7.05 Å². The molecule has 122 valence electrons. The zero-order valence-corrected chi connectivity index (χ0v) is 15.3. The zero-order valence-electron chi connectivity index (χ0n) is 12.9. The predicted molar refractivity (Wildman–Crippen MR) is 103 cm³/mol. The van der Waals surface area contributed by atoms with Crippen molar-refractivity contribution in [3.8, 4) is 5.75 Å². The number of ether oxygens (including phenoxy) is 1. The van der Waals surface area contributed by atoms with Crippen LogP contribution < -0.4 is 4.74 Å². The number of nitrogens with zero attached hydrogens (tertiary/aromatic N) is 1. The summed E-state index contributed by atoms with van der Waals surface area (Å²) in [7, 11) is 1.68. The lowest BCUT2D eigenvalue weighted by molar-refractivity contribution is -0.121. The van der Waals surface area contributed by atoms with E-state index in [0.29, 0.717) is 20.9 Å².